The predicted octanol–water partition coefficient (Wildman–Crippen LogP) is 4.24. The molecule has 3 nitrogen and oxygen atoms in total. The zero-order valence-electron chi connectivity index (χ0n) is 12.5. The minimum absolute atomic E-state index is 0.116. The molecular weight excluding hydrogens is 324 g/mol. The number of hydrogen-bond donors (Lipinski definition) is 1. The molecule has 0 radical (unpaired) electrons. The molecule has 0 aliphatic rings. The van der Waals surface area contributed by atoms with Crippen LogP contribution in [0.2, 0.25) is 5.02 Å². The molecule has 1 atom stereocenters. The minimum Gasteiger partial charge on any atom is -0.466 e. The molecule has 6 heteroatoms. The molecule has 0 saturated heterocycles. The number of benzene rings is 2. The van der Waals surface area contributed by atoms with Crippen molar-refractivity contribution in [2.24, 2.45) is 5.73 Å². The van der Waals surface area contributed by atoms with Crippen LogP contribution in [-0.2, 0) is 9.53 Å². The Morgan fingerprint density at radius 1 is 1.26 bits per heavy atom. The van der Waals surface area contributed by atoms with Gasteiger partial charge in [0.05, 0.1) is 13.0 Å². The molecule has 2 N–H and O–H groups in total. The van der Waals surface area contributed by atoms with E-state index in [9.17, 15) is 13.6 Å². The van der Waals surface area contributed by atoms with Gasteiger partial charge in [-0.1, -0.05) is 23.7 Å². The van der Waals surface area contributed by atoms with Crippen LogP contribution in [0, 0.1) is 11.6 Å². The third-order valence-corrected chi connectivity index (χ3v) is 3.53. The molecule has 0 amide bonds. The van der Waals surface area contributed by atoms with E-state index >= 15 is 0 Å². The van der Waals surface area contributed by atoms with E-state index in [4.69, 9.17) is 22.1 Å². The summed E-state index contributed by atoms with van der Waals surface area (Å²) in [5.74, 6) is -1.52. The second kappa shape index (κ2) is 7.53. The molecule has 1 unspecified atom stereocenters. The van der Waals surface area contributed by atoms with E-state index in [-0.39, 0.29) is 29.2 Å². The van der Waals surface area contributed by atoms with Gasteiger partial charge in [0.25, 0.3) is 0 Å². The summed E-state index contributed by atoms with van der Waals surface area (Å²) >= 11 is 6.03. The number of nitrogens with two attached hydrogens (primary N) is 1. The third-order valence-electron chi connectivity index (χ3n) is 3.31. The van der Waals surface area contributed by atoms with E-state index in [1.165, 1.54) is 36.4 Å². The number of hydrogen-bond acceptors (Lipinski definition) is 3. The maximum absolute atomic E-state index is 14.7. The number of rotatable bonds is 5. The van der Waals surface area contributed by atoms with E-state index in [1.54, 1.807) is 6.92 Å². The van der Waals surface area contributed by atoms with Crippen molar-refractivity contribution in [3.05, 3.63) is 58.6 Å². The summed E-state index contributed by atoms with van der Waals surface area (Å²) < 4.78 is 32.6. The highest BCUT2D eigenvalue weighted by Crippen LogP contribution is 2.32. The van der Waals surface area contributed by atoms with Gasteiger partial charge in [0.15, 0.2) is 0 Å². The number of ether oxygens (including phenoxy) is 1. The first-order valence-corrected chi connectivity index (χ1v) is 7.46. The lowest BCUT2D eigenvalue weighted by Crippen LogP contribution is -2.18. The number of carbonyl (C=O) groups is 1. The van der Waals surface area contributed by atoms with Crippen LogP contribution in [0.3, 0.4) is 0 Å². The maximum Gasteiger partial charge on any atom is 0.307 e. The number of esters is 1. The van der Waals surface area contributed by atoms with Crippen LogP contribution in [0.4, 0.5) is 8.78 Å². The van der Waals surface area contributed by atoms with Crippen molar-refractivity contribution in [2.45, 2.75) is 19.4 Å². The second-order valence-electron chi connectivity index (χ2n) is 4.98. The zero-order chi connectivity index (χ0) is 17.0. The average molecular weight is 340 g/mol. The van der Waals surface area contributed by atoms with Crippen molar-refractivity contribution in [3.8, 4) is 11.1 Å². The maximum atomic E-state index is 14.7. The van der Waals surface area contributed by atoms with E-state index in [0.717, 1.165) is 0 Å². The summed E-state index contributed by atoms with van der Waals surface area (Å²) in [5.41, 5.74) is 6.69. The largest absolute Gasteiger partial charge is 0.466 e. The number of carbonyl (C=O) groups excluding carboxylic acids is 1. The lowest BCUT2D eigenvalue weighted by atomic mass is 9.97. The van der Waals surface area contributed by atoms with E-state index in [0.29, 0.717) is 5.56 Å². The standard InChI is InChI=1S/C17H16ClF2NO2/c1-2-23-16(22)9-15(21)14-8-11(18)7-13(17(14)20)10-3-5-12(19)6-4-10/h3-8,15H,2,9,21H2,1H3. The van der Waals surface area contributed by atoms with Crippen LogP contribution < -0.4 is 5.73 Å². The Kier molecular flexibility index (Phi) is 5.69. The van der Waals surface area contributed by atoms with Gasteiger partial charge in [-0.25, -0.2) is 8.78 Å². The zero-order valence-corrected chi connectivity index (χ0v) is 13.2. The Labute approximate surface area is 138 Å². The van der Waals surface area contributed by atoms with Gasteiger partial charge in [-0.15, -0.1) is 0 Å². The minimum atomic E-state index is -0.882. The SMILES string of the molecule is CCOC(=O)CC(N)c1cc(Cl)cc(-c2ccc(F)cc2)c1F. The molecule has 0 saturated carbocycles. The first-order chi connectivity index (χ1) is 10.9. The molecular formula is C17H16ClF2NO2. The van der Waals surface area contributed by atoms with Crippen LogP contribution in [0.15, 0.2) is 36.4 Å². The van der Waals surface area contributed by atoms with Gasteiger partial charge in [-0.05, 0) is 36.8 Å². The first kappa shape index (κ1) is 17.4. The van der Waals surface area contributed by atoms with Crippen molar-refractivity contribution < 1.29 is 18.3 Å². The van der Waals surface area contributed by atoms with Crippen LogP contribution in [0.25, 0.3) is 11.1 Å². The monoisotopic (exact) mass is 339 g/mol. The highest BCUT2D eigenvalue weighted by Gasteiger charge is 2.20. The Morgan fingerprint density at radius 2 is 1.91 bits per heavy atom. The summed E-state index contributed by atoms with van der Waals surface area (Å²) in [6.07, 6.45) is -0.159. The van der Waals surface area contributed by atoms with Gasteiger partial charge in [-0.2, -0.15) is 0 Å². The van der Waals surface area contributed by atoms with Crippen molar-refractivity contribution in [1.82, 2.24) is 0 Å². The molecule has 0 bridgehead atoms. The highest BCUT2D eigenvalue weighted by atomic mass is 35.5. The Hall–Kier alpha value is -1.98. The first-order valence-electron chi connectivity index (χ1n) is 7.08. The summed E-state index contributed by atoms with van der Waals surface area (Å²) in [4.78, 5) is 11.5. The van der Waals surface area contributed by atoms with E-state index < -0.39 is 23.6 Å². The molecule has 2 aromatic carbocycles. The van der Waals surface area contributed by atoms with Crippen LogP contribution in [0.5, 0.6) is 0 Å². The quantitative estimate of drug-likeness (QED) is 0.829. The van der Waals surface area contributed by atoms with Crippen molar-refractivity contribution in [1.29, 1.82) is 0 Å². The van der Waals surface area contributed by atoms with Gasteiger partial charge < -0.3 is 10.5 Å². The van der Waals surface area contributed by atoms with Crippen molar-refractivity contribution >= 4 is 17.6 Å². The van der Waals surface area contributed by atoms with Crippen LogP contribution in [0.1, 0.15) is 24.9 Å². The molecule has 0 aromatic heterocycles. The Balaban J connectivity index is 2.38. The molecule has 0 aliphatic carbocycles. The molecule has 2 rings (SSSR count). The fraction of sp³-hybridized carbons (Fsp3) is 0.235. The van der Waals surface area contributed by atoms with Crippen LogP contribution in [-0.4, -0.2) is 12.6 Å². The highest BCUT2D eigenvalue weighted by molar-refractivity contribution is 6.31. The second-order valence-corrected chi connectivity index (χ2v) is 5.42. The van der Waals surface area contributed by atoms with E-state index in [2.05, 4.69) is 0 Å². The normalized spacial score (nSPS) is 12.0. The van der Waals surface area contributed by atoms with Crippen molar-refractivity contribution in [3.63, 3.8) is 0 Å². The molecule has 0 spiro atoms. The van der Waals surface area contributed by atoms with Crippen molar-refractivity contribution in [2.75, 3.05) is 6.61 Å². The predicted molar refractivity (Wildman–Crippen MR) is 85.0 cm³/mol. The topological polar surface area (TPSA) is 52.3 Å². The summed E-state index contributed by atoms with van der Waals surface area (Å²) in [6.45, 7) is 1.90. The lowest BCUT2D eigenvalue weighted by Gasteiger charge is -2.15. The molecule has 122 valence electrons. The Bertz CT molecular complexity index is 704. The fourth-order valence-electron chi connectivity index (χ4n) is 2.23. The van der Waals surface area contributed by atoms with Gasteiger partial charge >= 0.3 is 5.97 Å². The molecule has 0 heterocycles. The fourth-order valence-corrected chi connectivity index (χ4v) is 2.46. The summed E-state index contributed by atoms with van der Waals surface area (Å²) in [6, 6.07) is 7.29. The third kappa shape index (κ3) is 4.27. The number of halogens is 3. The summed E-state index contributed by atoms with van der Waals surface area (Å²) in [7, 11) is 0. The van der Waals surface area contributed by atoms with Gasteiger partial charge in [0.2, 0.25) is 0 Å². The molecule has 23 heavy (non-hydrogen) atoms. The lowest BCUT2D eigenvalue weighted by molar-refractivity contribution is -0.143. The van der Waals surface area contributed by atoms with Gasteiger partial charge in [-0.3, -0.25) is 4.79 Å². The van der Waals surface area contributed by atoms with Crippen LogP contribution >= 0.6 is 11.6 Å². The van der Waals surface area contributed by atoms with E-state index in [1.807, 2.05) is 0 Å². The van der Waals surface area contributed by atoms with Gasteiger partial charge in [0.1, 0.15) is 11.6 Å². The molecule has 0 aliphatic heterocycles. The summed E-state index contributed by atoms with van der Waals surface area (Å²) in [5, 5.41) is 0.278. The van der Waals surface area contributed by atoms with Gasteiger partial charge in [0, 0.05) is 22.2 Å². The molecule has 0 fully saturated rings. The average Bonchev–Trinajstić information content (AvgIpc) is 2.50. The molecule has 2 aromatic rings. The smallest absolute Gasteiger partial charge is 0.307 e. The Morgan fingerprint density at radius 3 is 2.52 bits per heavy atom.